The Morgan fingerprint density at radius 2 is 1.93 bits per heavy atom. The van der Waals surface area contributed by atoms with E-state index < -0.39 is 0 Å². The van der Waals surface area contributed by atoms with Crippen LogP contribution in [0.3, 0.4) is 0 Å². The van der Waals surface area contributed by atoms with Gasteiger partial charge in [0.05, 0.1) is 0 Å². The Morgan fingerprint density at radius 3 is 2.60 bits per heavy atom. The average Bonchev–Trinajstić information content (AvgIpc) is 2.28. The molecule has 0 aliphatic heterocycles. The van der Waals surface area contributed by atoms with Crippen molar-refractivity contribution in [3.63, 3.8) is 0 Å². The van der Waals surface area contributed by atoms with Gasteiger partial charge in [-0.15, -0.1) is 0 Å². The van der Waals surface area contributed by atoms with Crippen LogP contribution in [0.4, 0.5) is 0 Å². The molecule has 0 aromatic heterocycles. The SMILES string of the molecule is C=C(C#Cc1ccccc1)/C=C\C=C/C. The minimum atomic E-state index is 0.817. The highest BCUT2D eigenvalue weighted by molar-refractivity contribution is 5.43. The van der Waals surface area contributed by atoms with Gasteiger partial charge >= 0.3 is 0 Å². The van der Waals surface area contributed by atoms with Crippen LogP contribution in [-0.4, -0.2) is 0 Å². The van der Waals surface area contributed by atoms with Crippen molar-refractivity contribution in [3.05, 3.63) is 72.4 Å². The molecule has 0 unspecified atom stereocenters. The van der Waals surface area contributed by atoms with Crippen molar-refractivity contribution in [1.82, 2.24) is 0 Å². The van der Waals surface area contributed by atoms with Crippen LogP contribution >= 0.6 is 0 Å². The molecule has 0 nitrogen and oxygen atoms in total. The molecule has 0 N–H and O–H groups in total. The average molecular weight is 194 g/mol. The first-order chi connectivity index (χ1) is 7.33. The minimum absolute atomic E-state index is 0.817. The molecule has 0 atom stereocenters. The topological polar surface area (TPSA) is 0 Å². The highest BCUT2D eigenvalue weighted by atomic mass is 13.9. The van der Waals surface area contributed by atoms with Crippen molar-refractivity contribution in [3.8, 4) is 11.8 Å². The predicted octanol–water partition coefficient (Wildman–Crippen LogP) is 3.73. The van der Waals surface area contributed by atoms with E-state index in [9.17, 15) is 0 Å². The van der Waals surface area contributed by atoms with E-state index in [2.05, 4.69) is 18.4 Å². The summed E-state index contributed by atoms with van der Waals surface area (Å²) in [6, 6.07) is 9.89. The maximum absolute atomic E-state index is 3.85. The molecular weight excluding hydrogens is 180 g/mol. The standard InChI is InChI=1S/C15H14/c1-3-4-6-9-14(2)12-13-15-10-7-5-8-11-15/h3-11H,2H2,1H3/b4-3-,9-6-. The van der Waals surface area contributed by atoms with E-state index in [1.807, 2.05) is 61.6 Å². The van der Waals surface area contributed by atoms with Gasteiger partial charge in [0, 0.05) is 11.1 Å². The molecule has 0 spiro atoms. The Labute approximate surface area is 91.6 Å². The summed E-state index contributed by atoms with van der Waals surface area (Å²) in [6.07, 6.45) is 7.75. The lowest BCUT2D eigenvalue weighted by Crippen LogP contribution is -1.72. The summed E-state index contributed by atoms with van der Waals surface area (Å²) in [5.41, 5.74) is 1.83. The molecule has 0 saturated heterocycles. The second kappa shape index (κ2) is 6.45. The zero-order chi connectivity index (χ0) is 10.9. The summed E-state index contributed by atoms with van der Waals surface area (Å²) in [4.78, 5) is 0. The van der Waals surface area contributed by atoms with E-state index in [-0.39, 0.29) is 0 Å². The van der Waals surface area contributed by atoms with Gasteiger partial charge in [0.15, 0.2) is 0 Å². The number of benzene rings is 1. The third-order valence-corrected chi connectivity index (χ3v) is 1.74. The summed E-state index contributed by atoms with van der Waals surface area (Å²) in [6.45, 7) is 5.82. The normalized spacial score (nSPS) is 10.2. The van der Waals surface area contributed by atoms with Gasteiger partial charge in [0.2, 0.25) is 0 Å². The number of hydrogen-bond acceptors (Lipinski definition) is 0. The fourth-order valence-corrected chi connectivity index (χ4v) is 0.998. The Morgan fingerprint density at radius 1 is 1.20 bits per heavy atom. The van der Waals surface area contributed by atoms with Crippen molar-refractivity contribution in [2.24, 2.45) is 0 Å². The molecule has 0 bridgehead atoms. The molecule has 0 fully saturated rings. The molecule has 0 heteroatoms. The molecule has 0 amide bonds. The molecule has 0 saturated carbocycles. The fraction of sp³-hybridized carbons (Fsp3) is 0.0667. The van der Waals surface area contributed by atoms with Crippen LogP contribution in [0, 0.1) is 11.8 Å². The largest absolute Gasteiger partial charge is 0.0877 e. The monoisotopic (exact) mass is 194 g/mol. The van der Waals surface area contributed by atoms with E-state index in [1.54, 1.807) is 0 Å². The summed E-state index contributed by atoms with van der Waals surface area (Å²) in [7, 11) is 0. The highest BCUT2D eigenvalue weighted by Gasteiger charge is 1.81. The first-order valence-corrected chi connectivity index (χ1v) is 4.88. The second-order valence-corrected chi connectivity index (χ2v) is 3.03. The van der Waals surface area contributed by atoms with Gasteiger partial charge < -0.3 is 0 Å². The second-order valence-electron chi connectivity index (χ2n) is 3.03. The first-order valence-electron chi connectivity index (χ1n) is 4.88. The molecule has 1 aromatic carbocycles. The summed E-state index contributed by atoms with van der Waals surface area (Å²) in [5, 5.41) is 0. The van der Waals surface area contributed by atoms with Crippen LogP contribution in [0.2, 0.25) is 0 Å². The lowest BCUT2D eigenvalue weighted by atomic mass is 10.2. The van der Waals surface area contributed by atoms with Crippen molar-refractivity contribution in [1.29, 1.82) is 0 Å². The van der Waals surface area contributed by atoms with Crippen LogP contribution in [0.25, 0.3) is 0 Å². The van der Waals surface area contributed by atoms with E-state index in [1.165, 1.54) is 0 Å². The van der Waals surface area contributed by atoms with Gasteiger partial charge in [-0.25, -0.2) is 0 Å². The molecule has 0 heterocycles. The number of hydrogen-bond donors (Lipinski definition) is 0. The third kappa shape index (κ3) is 4.69. The van der Waals surface area contributed by atoms with Gasteiger partial charge in [-0.1, -0.05) is 54.8 Å². The molecular formula is C15H14. The van der Waals surface area contributed by atoms with Crippen LogP contribution in [0.1, 0.15) is 12.5 Å². The molecule has 74 valence electrons. The molecule has 1 aromatic rings. The predicted molar refractivity (Wildman–Crippen MR) is 66.4 cm³/mol. The molecule has 0 aliphatic rings. The zero-order valence-electron chi connectivity index (χ0n) is 8.90. The van der Waals surface area contributed by atoms with E-state index in [4.69, 9.17) is 0 Å². The summed E-state index contributed by atoms with van der Waals surface area (Å²) < 4.78 is 0. The summed E-state index contributed by atoms with van der Waals surface area (Å²) in [5.74, 6) is 6.04. The van der Waals surface area contributed by atoms with E-state index in [0.717, 1.165) is 11.1 Å². The molecule has 1 rings (SSSR count). The van der Waals surface area contributed by atoms with Gasteiger partial charge in [-0.05, 0) is 25.1 Å². The number of allylic oxidation sites excluding steroid dienone is 5. The smallest absolute Gasteiger partial charge is 0.0249 e. The van der Waals surface area contributed by atoms with Crippen molar-refractivity contribution < 1.29 is 0 Å². The van der Waals surface area contributed by atoms with Crippen molar-refractivity contribution in [2.45, 2.75) is 6.92 Å². The van der Waals surface area contributed by atoms with E-state index >= 15 is 0 Å². The van der Waals surface area contributed by atoms with Crippen LogP contribution in [0.5, 0.6) is 0 Å². The fourth-order valence-electron chi connectivity index (χ4n) is 0.998. The lowest BCUT2D eigenvalue weighted by Gasteiger charge is -1.86. The quantitative estimate of drug-likeness (QED) is 0.497. The Balaban J connectivity index is 2.63. The third-order valence-electron chi connectivity index (χ3n) is 1.74. The minimum Gasteiger partial charge on any atom is -0.0877 e. The van der Waals surface area contributed by atoms with Crippen LogP contribution in [-0.2, 0) is 0 Å². The van der Waals surface area contributed by atoms with Gasteiger partial charge in [0.25, 0.3) is 0 Å². The maximum Gasteiger partial charge on any atom is 0.0249 e. The maximum atomic E-state index is 3.85. The van der Waals surface area contributed by atoms with Crippen molar-refractivity contribution >= 4 is 0 Å². The molecule has 15 heavy (non-hydrogen) atoms. The van der Waals surface area contributed by atoms with Gasteiger partial charge in [-0.3, -0.25) is 0 Å². The Hall–Kier alpha value is -2.00. The van der Waals surface area contributed by atoms with Crippen LogP contribution < -0.4 is 0 Å². The molecule has 0 radical (unpaired) electrons. The first kappa shape index (κ1) is 11.1. The Bertz CT molecular complexity index is 422. The summed E-state index contributed by atoms with van der Waals surface area (Å²) >= 11 is 0. The highest BCUT2D eigenvalue weighted by Crippen LogP contribution is 1.97. The molecule has 0 aliphatic carbocycles. The number of rotatable bonds is 2. The van der Waals surface area contributed by atoms with Crippen LogP contribution in [0.15, 0.2) is 66.8 Å². The van der Waals surface area contributed by atoms with Gasteiger partial charge in [-0.2, -0.15) is 0 Å². The van der Waals surface area contributed by atoms with Crippen molar-refractivity contribution in [2.75, 3.05) is 0 Å². The Kier molecular flexibility index (Phi) is 4.77. The van der Waals surface area contributed by atoms with Gasteiger partial charge in [0.1, 0.15) is 0 Å². The van der Waals surface area contributed by atoms with E-state index in [0.29, 0.717) is 0 Å². The lowest BCUT2D eigenvalue weighted by molar-refractivity contribution is 1.64. The zero-order valence-corrected chi connectivity index (χ0v) is 8.90.